The quantitative estimate of drug-likeness (QED) is 0.509. The van der Waals surface area contributed by atoms with Crippen molar-refractivity contribution in [2.75, 3.05) is 12.5 Å². The van der Waals surface area contributed by atoms with E-state index in [0.29, 0.717) is 11.5 Å². The maximum Gasteiger partial charge on any atom is 0.0582 e. The van der Waals surface area contributed by atoms with Crippen LogP contribution >= 0.6 is 11.6 Å². The van der Waals surface area contributed by atoms with Gasteiger partial charge in [0, 0.05) is 12.5 Å². The molecule has 0 heterocycles. The predicted octanol–water partition coefficient (Wildman–Crippen LogP) is 4.24. The van der Waals surface area contributed by atoms with Crippen molar-refractivity contribution >= 4 is 11.6 Å². The minimum absolute atomic E-state index is 0.467. The summed E-state index contributed by atoms with van der Waals surface area (Å²) in [5.74, 6) is 1.57. The number of hydrogen-bond donors (Lipinski definition) is 0. The van der Waals surface area contributed by atoms with E-state index in [-0.39, 0.29) is 0 Å². The van der Waals surface area contributed by atoms with Gasteiger partial charge in [-0.2, -0.15) is 0 Å². The molecule has 0 amide bonds. The molecular weight excluding hydrogens is 208 g/mol. The summed E-state index contributed by atoms with van der Waals surface area (Å²) in [5.41, 5.74) is 0.467. The van der Waals surface area contributed by atoms with E-state index in [2.05, 4.69) is 20.8 Å². The number of ether oxygens (including phenoxy) is 1. The van der Waals surface area contributed by atoms with Crippen LogP contribution in [0.25, 0.3) is 0 Å². The Morgan fingerprint density at radius 3 is 2.60 bits per heavy atom. The lowest BCUT2D eigenvalue weighted by molar-refractivity contribution is -0.0236. The summed E-state index contributed by atoms with van der Waals surface area (Å²) in [7, 11) is 0. The molecule has 15 heavy (non-hydrogen) atoms. The molecule has 0 aromatic carbocycles. The molecule has 1 aliphatic carbocycles. The Balaban J connectivity index is 2.23. The van der Waals surface area contributed by atoms with E-state index < -0.39 is 0 Å². The van der Waals surface area contributed by atoms with Crippen molar-refractivity contribution in [1.82, 2.24) is 0 Å². The minimum Gasteiger partial charge on any atom is -0.378 e. The van der Waals surface area contributed by atoms with Gasteiger partial charge in [0.25, 0.3) is 0 Å². The van der Waals surface area contributed by atoms with E-state index in [0.717, 1.165) is 31.2 Å². The molecule has 2 atom stereocenters. The Bertz CT molecular complexity index is 179. The van der Waals surface area contributed by atoms with Gasteiger partial charge < -0.3 is 4.74 Å². The number of rotatable bonds is 5. The van der Waals surface area contributed by atoms with E-state index in [1.165, 1.54) is 19.3 Å². The van der Waals surface area contributed by atoms with Crippen LogP contribution in [0.5, 0.6) is 0 Å². The van der Waals surface area contributed by atoms with Crippen molar-refractivity contribution in [2.45, 2.75) is 59.0 Å². The molecule has 1 rings (SSSR count). The van der Waals surface area contributed by atoms with Crippen LogP contribution in [0.15, 0.2) is 0 Å². The van der Waals surface area contributed by atoms with Crippen LogP contribution in [-0.4, -0.2) is 18.6 Å². The number of hydrogen-bond acceptors (Lipinski definition) is 1. The van der Waals surface area contributed by atoms with Crippen LogP contribution in [0.3, 0.4) is 0 Å². The molecule has 0 aromatic heterocycles. The van der Waals surface area contributed by atoms with Crippen molar-refractivity contribution in [3.05, 3.63) is 0 Å². The third kappa shape index (κ3) is 5.21. The molecule has 0 saturated heterocycles. The molecule has 0 aromatic rings. The van der Waals surface area contributed by atoms with Crippen molar-refractivity contribution < 1.29 is 4.74 Å². The van der Waals surface area contributed by atoms with E-state index in [4.69, 9.17) is 16.3 Å². The molecular formula is C13H25ClO. The maximum absolute atomic E-state index is 5.93. The lowest BCUT2D eigenvalue weighted by Gasteiger charge is -2.38. The molecule has 1 saturated carbocycles. The molecule has 0 radical (unpaired) electrons. The standard InChI is InChI=1S/C13H25ClO/c1-11-8-12(10-13(2,3)9-11)15-7-5-4-6-14/h11-12H,4-10H2,1-3H3. The van der Waals surface area contributed by atoms with E-state index >= 15 is 0 Å². The SMILES string of the molecule is CC1CC(OCCCCCl)CC(C)(C)C1. The second-order valence-electron chi connectivity index (χ2n) is 5.80. The first-order valence-electron chi connectivity index (χ1n) is 6.21. The third-order valence-corrected chi connectivity index (χ3v) is 3.50. The zero-order valence-electron chi connectivity index (χ0n) is 10.4. The smallest absolute Gasteiger partial charge is 0.0582 e. The monoisotopic (exact) mass is 232 g/mol. The van der Waals surface area contributed by atoms with Crippen LogP contribution in [-0.2, 0) is 4.74 Å². The Labute approximate surface area is 99.5 Å². The highest BCUT2D eigenvalue weighted by atomic mass is 35.5. The molecule has 1 aliphatic rings. The Kier molecular flexibility index (Phi) is 5.42. The fourth-order valence-electron chi connectivity index (χ4n) is 2.83. The first-order chi connectivity index (χ1) is 7.03. The lowest BCUT2D eigenvalue weighted by atomic mass is 9.71. The first-order valence-corrected chi connectivity index (χ1v) is 6.74. The summed E-state index contributed by atoms with van der Waals surface area (Å²) >= 11 is 5.64. The largest absolute Gasteiger partial charge is 0.378 e. The van der Waals surface area contributed by atoms with Gasteiger partial charge in [-0.3, -0.25) is 0 Å². The molecule has 90 valence electrons. The van der Waals surface area contributed by atoms with Gasteiger partial charge in [0.1, 0.15) is 0 Å². The third-order valence-electron chi connectivity index (χ3n) is 3.23. The highest BCUT2D eigenvalue weighted by molar-refractivity contribution is 6.17. The molecule has 0 N–H and O–H groups in total. The second-order valence-corrected chi connectivity index (χ2v) is 6.18. The summed E-state index contributed by atoms with van der Waals surface area (Å²) in [4.78, 5) is 0. The van der Waals surface area contributed by atoms with E-state index in [9.17, 15) is 0 Å². The van der Waals surface area contributed by atoms with Gasteiger partial charge in [0.15, 0.2) is 0 Å². The van der Waals surface area contributed by atoms with Gasteiger partial charge in [-0.1, -0.05) is 20.8 Å². The number of unbranched alkanes of at least 4 members (excludes halogenated alkanes) is 1. The normalized spacial score (nSPS) is 30.4. The molecule has 1 fully saturated rings. The topological polar surface area (TPSA) is 9.23 Å². The Morgan fingerprint density at radius 1 is 1.27 bits per heavy atom. The van der Waals surface area contributed by atoms with Crippen LogP contribution in [0.2, 0.25) is 0 Å². The molecule has 1 nitrogen and oxygen atoms in total. The highest BCUT2D eigenvalue weighted by Crippen LogP contribution is 2.39. The molecule has 0 aliphatic heterocycles. The summed E-state index contributed by atoms with van der Waals surface area (Å²) in [6, 6.07) is 0. The van der Waals surface area contributed by atoms with Gasteiger partial charge >= 0.3 is 0 Å². The van der Waals surface area contributed by atoms with E-state index in [1.807, 2.05) is 0 Å². The second kappa shape index (κ2) is 6.10. The summed E-state index contributed by atoms with van der Waals surface area (Å²) < 4.78 is 5.93. The fraction of sp³-hybridized carbons (Fsp3) is 1.00. The van der Waals surface area contributed by atoms with Gasteiger partial charge in [0.2, 0.25) is 0 Å². The Morgan fingerprint density at radius 2 is 2.00 bits per heavy atom. The lowest BCUT2D eigenvalue weighted by Crippen LogP contribution is -2.32. The van der Waals surface area contributed by atoms with Gasteiger partial charge in [-0.25, -0.2) is 0 Å². The van der Waals surface area contributed by atoms with Crippen molar-refractivity contribution in [3.63, 3.8) is 0 Å². The molecule has 2 heteroatoms. The first kappa shape index (κ1) is 13.3. The zero-order valence-corrected chi connectivity index (χ0v) is 11.1. The number of alkyl halides is 1. The minimum atomic E-state index is 0.467. The van der Waals surface area contributed by atoms with Gasteiger partial charge in [-0.15, -0.1) is 11.6 Å². The van der Waals surface area contributed by atoms with E-state index in [1.54, 1.807) is 0 Å². The average molecular weight is 233 g/mol. The molecule has 2 unspecified atom stereocenters. The van der Waals surface area contributed by atoms with Crippen LogP contribution in [0.1, 0.15) is 52.9 Å². The average Bonchev–Trinajstić information content (AvgIpc) is 2.09. The van der Waals surface area contributed by atoms with Gasteiger partial charge in [0.05, 0.1) is 6.10 Å². The molecule has 0 bridgehead atoms. The van der Waals surface area contributed by atoms with Gasteiger partial charge in [-0.05, 0) is 43.4 Å². The molecule has 0 spiro atoms. The number of halogens is 1. The highest BCUT2D eigenvalue weighted by Gasteiger charge is 2.32. The maximum atomic E-state index is 5.93. The fourth-order valence-corrected chi connectivity index (χ4v) is 3.02. The van der Waals surface area contributed by atoms with Crippen molar-refractivity contribution in [2.24, 2.45) is 11.3 Å². The van der Waals surface area contributed by atoms with Crippen molar-refractivity contribution in [1.29, 1.82) is 0 Å². The Hall–Kier alpha value is 0.250. The predicted molar refractivity (Wildman–Crippen MR) is 66.5 cm³/mol. The van der Waals surface area contributed by atoms with Crippen LogP contribution in [0, 0.1) is 11.3 Å². The van der Waals surface area contributed by atoms with Crippen LogP contribution < -0.4 is 0 Å². The zero-order chi connectivity index (χ0) is 11.3. The summed E-state index contributed by atoms with van der Waals surface area (Å²) in [6.45, 7) is 7.95. The summed E-state index contributed by atoms with van der Waals surface area (Å²) in [6.07, 6.45) is 6.47. The summed E-state index contributed by atoms with van der Waals surface area (Å²) in [5, 5.41) is 0. The van der Waals surface area contributed by atoms with Crippen molar-refractivity contribution in [3.8, 4) is 0 Å². The van der Waals surface area contributed by atoms with Crippen LogP contribution in [0.4, 0.5) is 0 Å².